The van der Waals surface area contributed by atoms with E-state index in [1.165, 1.54) is 3.27 Å². The molecule has 0 aliphatic carbocycles. The van der Waals surface area contributed by atoms with E-state index >= 15 is 0 Å². The summed E-state index contributed by atoms with van der Waals surface area (Å²) in [4.78, 5) is 1.81. The Bertz CT molecular complexity index is 494. The topological polar surface area (TPSA) is 0 Å². The Morgan fingerprint density at radius 3 is 0.905 bits per heavy atom. The molecule has 0 aromatic heterocycles. The van der Waals surface area contributed by atoms with Crippen molar-refractivity contribution in [2.24, 2.45) is 0 Å². The molecule has 0 fully saturated rings. The first kappa shape index (κ1) is 18.0. The van der Waals surface area contributed by atoms with Crippen LogP contribution in [0.15, 0.2) is 101 Å². The minimum absolute atomic E-state index is 0.905. The van der Waals surface area contributed by atoms with Crippen LogP contribution in [-0.4, -0.2) is 24.7 Å². The molecular weight excluding hydrogens is 489 g/mol. The van der Waals surface area contributed by atoms with E-state index in [0.29, 0.717) is 0 Å². The molecule has 0 unspecified atom stereocenters. The summed E-state index contributed by atoms with van der Waals surface area (Å²) in [6.45, 7) is 0. The Morgan fingerprint density at radius 2 is 0.762 bits per heavy atom. The Labute approximate surface area is 153 Å². The van der Waals surface area contributed by atoms with Crippen molar-refractivity contribution in [3.63, 3.8) is 0 Å². The molecule has 0 bridgehead atoms. The van der Waals surface area contributed by atoms with E-state index < -0.39 is 0 Å². The van der Waals surface area contributed by atoms with E-state index in [1.54, 1.807) is 0 Å². The van der Waals surface area contributed by atoms with Gasteiger partial charge >= 0.3 is 58.3 Å². The molecule has 106 valence electrons. The van der Waals surface area contributed by atoms with Gasteiger partial charge < -0.3 is 25.3 Å². The first-order chi connectivity index (χ1) is 10.2. The van der Waals surface area contributed by atoms with Crippen LogP contribution >= 0.6 is 0 Å². The third-order valence-corrected chi connectivity index (χ3v) is 4.33. The molecule has 0 saturated heterocycles. The zero-order valence-electron chi connectivity index (χ0n) is 11.6. The SMILES string of the molecule is [BiH2+2][c]1ccccc1.[S-]c1ccccc1.[S-]c1ccccc1. The standard InChI is InChI=1S/2C6H6S.C6H5.Bi.2H/c2*7-6-4-2-1-3-5-6;1-2-4-6-5-3-1;;;/h2*1-5,7H;1-5H;;;/q;;;+2;;/p-2. The van der Waals surface area contributed by atoms with Crippen LogP contribution in [0.2, 0.25) is 0 Å². The van der Waals surface area contributed by atoms with E-state index in [4.69, 9.17) is 25.3 Å². The predicted octanol–water partition coefficient (Wildman–Crippen LogP) is 3.13. The van der Waals surface area contributed by atoms with Gasteiger partial charge in [-0.25, -0.2) is 0 Å². The molecule has 0 heterocycles. The van der Waals surface area contributed by atoms with Crippen LogP contribution in [0.1, 0.15) is 0 Å². The quantitative estimate of drug-likeness (QED) is 0.340. The van der Waals surface area contributed by atoms with Gasteiger partial charge in [0, 0.05) is 0 Å². The molecule has 0 radical (unpaired) electrons. The molecule has 3 rings (SSSR count). The van der Waals surface area contributed by atoms with Crippen LogP contribution in [-0.2, 0) is 25.3 Å². The average Bonchev–Trinajstić information content (AvgIpc) is 2.51. The van der Waals surface area contributed by atoms with Gasteiger partial charge in [0.2, 0.25) is 0 Å². The maximum Gasteiger partial charge on any atom is -0.0624 e. The summed E-state index contributed by atoms with van der Waals surface area (Å²) in [5.74, 6) is 0. The van der Waals surface area contributed by atoms with E-state index in [1.807, 2.05) is 66.7 Å². The normalized spacial score (nSPS) is 8.57. The molecule has 21 heavy (non-hydrogen) atoms. The molecular formula is C18H17BiS2. The number of hydrogen-bond acceptors (Lipinski definition) is 2. The molecule has 0 amide bonds. The van der Waals surface area contributed by atoms with Crippen LogP contribution in [0.25, 0.3) is 0 Å². The Kier molecular flexibility index (Phi) is 9.98. The van der Waals surface area contributed by atoms with E-state index in [0.717, 1.165) is 34.5 Å². The summed E-state index contributed by atoms with van der Waals surface area (Å²) in [6.07, 6.45) is 0. The van der Waals surface area contributed by atoms with Crippen molar-refractivity contribution in [1.82, 2.24) is 0 Å². The first-order valence-electron chi connectivity index (χ1n) is 6.43. The van der Waals surface area contributed by atoms with Gasteiger partial charge in [-0.3, -0.25) is 0 Å². The van der Waals surface area contributed by atoms with Crippen molar-refractivity contribution < 1.29 is 0 Å². The van der Waals surface area contributed by atoms with Crippen molar-refractivity contribution in [1.29, 1.82) is 0 Å². The third kappa shape index (κ3) is 10.4. The molecule has 3 heteroatoms. The smallest absolute Gasteiger partial charge is 0.0624 e. The van der Waals surface area contributed by atoms with Crippen LogP contribution < -0.4 is 3.27 Å². The Morgan fingerprint density at radius 1 is 0.476 bits per heavy atom. The molecule has 0 N–H and O–H groups in total. The molecule has 0 spiro atoms. The van der Waals surface area contributed by atoms with E-state index in [-0.39, 0.29) is 0 Å². The third-order valence-electron chi connectivity index (χ3n) is 2.29. The summed E-state index contributed by atoms with van der Waals surface area (Å²) in [7, 11) is 0. The zero-order valence-corrected chi connectivity index (χ0v) is 17.7. The molecule has 0 saturated carbocycles. The van der Waals surface area contributed by atoms with Gasteiger partial charge in [0.1, 0.15) is 0 Å². The molecule has 0 atom stereocenters. The summed E-state index contributed by atoms with van der Waals surface area (Å²) in [6, 6.07) is 29.8. The van der Waals surface area contributed by atoms with Crippen molar-refractivity contribution in [3.05, 3.63) is 91.0 Å². The molecule has 3 aromatic rings. The predicted molar refractivity (Wildman–Crippen MR) is 98.8 cm³/mol. The fraction of sp³-hybridized carbons (Fsp3) is 0. The minimum atomic E-state index is 0.905. The fourth-order valence-electron chi connectivity index (χ4n) is 1.29. The van der Waals surface area contributed by atoms with Gasteiger partial charge in [0.15, 0.2) is 0 Å². The molecule has 3 aromatic carbocycles. The largest absolute Gasteiger partial charge is 0.780 e. The first-order valence-corrected chi connectivity index (χ1v) is 9.49. The van der Waals surface area contributed by atoms with E-state index in [9.17, 15) is 0 Å². The summed E-state index contributed by atoms with van der Waals surface area (Å²) in [5, 5.41) is 0. The van der Waals surface area contributed by atoms with Crippen molar-refractivity contribution in [3.8, 4) is 0 Å². The average molecular weight is 506 g/mol. The van der Waals surface area contributed by atoms with Gasteiger partial charge in [-0.1, -0.05) is 60.7 Å². The second kappa shape index (κ2) is 11.6. The minimum Gasteiger partial charge on any atom is -0.780 e. The van der Waals surface area contributed by atoms with Crippen LogP contribution in [0, 0.1) is 0 Å². The van der Waals surface area contributed by atoms with Crippen molar-refractivity contribution >= 4 is 53.2 Å². The summed E-state index contributed by atoms with van der Waals surface area (Å²) in [5.41, 5.74) is 0. The van der Waals surface area contributed by atoms with Crippen LogP contribution in [0.4, 0.5) is 0 Å². The van der Waals surface area contributed by atoms with Gasteiger partial charge in [0.25, 0.3) is 0 Å². The van der Waals surface area contributed by atoms with Gasteiger partial charge in [-0.2, -0.15) is 9.79 Å². The number of hydrogen-bond donors (Lipinski definition) is 0. The number of benzene rings is 3. The summed E-state index contributed by atoms with van der Waals surface area (Å²) >= 11 is 10.6. The maximum atomic E-state index is 4.81. The Balaban J connectivity index is 0.000000157. The van der Waals surface area contributed by atoms with Gasteiger partial charge in [-0.05, 0) is 0 Å². The van der Waals surface area contributed by atoms with Crippen molar-refractivity contribution in [2.75, 3.05) is 0 Å². The molecule has 0 aliphatic rings. The maximum absolute atomic E-state index is 4.81. The van der Waals surface area contributed by atoms with E-state index in [2.05, 4.69) is 24.3 Å². The molecule has 0 nitrogen and oxygen atoms in total. The second-order valence-corrected chi connectivity index (χ2v) is 7.57. The van der Waals surface area contributed by atoms with Crippen LogP contribution in [0.5, 0.6) is 0 Å². The monoisotopic (exact) mass is 506 g/mol. The second-order valence-electron chi connectivity index (χ2n) is 4.04. The Hall–Kier alpha value is -1.02. The fourth-order valence-corrected chi connectivity index (χ4v) is 2.47. The van der Waals surface area contributed by atoms with Crippen molar-refractivity contribution in [2.45, 2.75) is 9.79 Å². The zero-order chi connectivity index (χ0) is 15.3. The number of rotatable bonds is 0. The summed E-state index contributed by atoms with van der Waals surface area (Å²) < 4.78 is 1.49. The molecule has 0 aliphatic heterocycles. The van der Waals surface area contributed by atoms with Gasteiger partial charge in [0.05, 0.1) is 0 Å². The van der Waals surface area contributed by atoms with Crippen LogP contribution in [0.3, 0.4) is 0 Å². The van der Waals surface area contributed by atoms with Gasteiger partial charge in [-0.15, -0.1) is 0 Å².